The molecule has 1 saturated carbocycles. The highest BCUT2D eigenvalue weighted by Crippen LogP contribution is 2.42. The first-order valence-corrected chi connectivity index (χ1v) is 7.06. The minimum atomic E-state index is -0.824. The topological polar surface area (TPSA) is 49.3 Å². The molecule has 0 saturated heterocycles. The first kappa shape index (κ1) is 15.2. The molecule has 0 aromatic heterocycles. The summed E-state index contributed by atoms with van der Waals surface area (Å²) in [6.07, 6.45) is 8.37. The van der Waals surface area contributed by atoms with Crippen LogP contribution in [-0.2, 0) is 4.79 Å². The van der Waals surface area contributed by atoms with Crippen molar-refractivity contribution >= 4 is 5.97 Å². The van der Waals surface area contributed by atoms with E-state index in [2.05, 4.69) is 19.2 Å². The summed E-state index contributed by atoms with van der Waals surface area (Å²) >= 11 is 0. The molecule has 3 nitrogen and oxygen atoms in total. The summed E-state index contributed by atoms with van der Waals surface area (Å²) in [5, 5.41) is 12.2. The Hall–Kier alpha value is -0.830. The van der Waals surface area contributed by atoms with Gasteiger partial charge in [0.05, 0.1) is 0 Å². The third-order valence-electron chi connectivity index (χ3n) is 3.90. The number of hydrogen-bond donors (Lipinski definition) is 2. The van der Waals surface area contributed by atoms with Crippen LogP contribution in [0.4, 0.5) is 0 Å². The minimum absolute atomic E-state index is 0.423. The molecule has 3 heteroatoms. The van der Waals surface area contributed by atoms with Crippen molar-refractivity contribution in [2.24, 2.45) is 11.3 Å². The Labute approximate surface area is 111 Å². The third kappa shape index (κ3) is 4.81. The van der Waals surface area contributed by atoms with Gasteiger partial charge in [0.1, 0.15) is 0 Å². The Balaban J connectivity index is 2.39. The second-order valence-electron chi connectivity index (χ2n) is 6.13. The molecule has 1 aliphatic rings. The van der Waals surface area contributed by atoms with E-state index in [0.717, 1.165) is 12.5 Å². The van der Waals surface area contributed by atoms with Crippen LogP contribution in [0.5, 0.6) is 0 Å². The van der Waals surface area contributed by atoms with Crippen molar-refractivity contribution in [2.45, 2.75) is 52.9 Å². The smallest absolute Gasteiger partial charge is 0.330 e. The van der Waals surface area contributed by atoms with Crippen LogP contribution in [0, 0.1) is 11.3 Å². The van der Waals surface area contributed by atoms with E-state index in [-0.39, 0.29) is 0 Å². The Bertz CT molecular complexity index is 302. The minimum Gasteiger partial charge on any atom is -0.478 e. The zero-order valence-corrected chi connectivity index (χ0v) is 12.0. The summed E-state index contributed by atoms with van der Waals surface area (Å²) in [6, 6.07) is 0. The van der Waals surface area contributed by atoms with Gasteiger partial charge in [-0.25, -0.2) is 4.79 Å². The van der Waals surface area contributed by atoms with E-state index in [1.807, 2.05) is 0 Å². The number of nitrogens with one attached hydrogen (secondary N) is 1. The number of hydrogen-bond acceptors (Lipinski definition) is 2. The lowest BCUT2D eigenvalue weighted by Crippen LogP contribution is -2.33. The summed E-state index contributed by atoms with van der Waals surface area (Å²) in [5.41, 5.74) is 0.880. The van der Waals surface area contributed by atoms with Crippen LogP contribution in [0.2, 0.25) is 0 Å². The van der Waals surface area contributed by atoms with E-state index in [0.29, 0.717) is 17.5 Å². The lowest BCUT2D eigenvalue weighted by Gasteiger charge is -2.31. The summed E-state index contributed by atoms with van der Waals surface area (Å²) in [7, 11) is 0. The Morgan fingerprint density at radius 3 is 2.50 bits per heavy atom. The van der Waals surface area contributed by atoms with Crippen molar-refractivity contribution in [3.05, 3.63) is 11.6 Å². The van der Waals surface area contributed by atoms with Crippen molar-refractivity contribution < 1.29 is 9.90 Å². The number of aliphatic carboxylic acids is 1. The van der Waals surface area contributed by atoms with Crippen molar-refractivity contribution in [1.82, 2.24) is 5.32 Å². The third-order valence-corrected chi connectivity index (χ3v) is 3.90. The highest BCUT2D eigenvalue weighted by Gasteiger charge is 2.33. The van der Waals surface area contributed by atoms with Crippen molar-refractivity contribution in [3.8, 4) is 0 Å². The van der Waals surface area contributed by atoms with Crippen molar-refractivity contribution in [2.75, 3.05) is 13.1 Å². The predicted molar refractivity (Wildman–Crippen MR) is 74.6 cm³/mol. The van der Waals surface area contributed by atoms with Gasteiger partial charge in [0.2, 0.25) is 0 Å². The van der Waals surface area contributed by atoms with Gasteiger partial charge in [-0.15, -0.1) is 0 Å². The van der Waals surface area contributed by atoms with Crippen molar-refractivity contribution in [3.63, 3.8) is 0 Å². The van der Waals surface area contributed by atoms with Crippen LogP contribution in [0.15, 0.2) is 11.6 Å². The molecule has 18 heavy (non-hydrogen) atoms. The van der Waals surface area contributed by atoms with Gasteiger partial charge in [0.25, 0.3) is 0 Å². The molecule has 1 rings (SSSR count). The second kappa shape index (κ2) is 6.93. The molecule has 0 aromatic carbocycles. The zero-order chi connectivity index (χ0) is 13.6. The summed E-state index contributed by atoms with van der Waals surface area (Å²) < 4.78 is 0. The molecular weight excluding hydrogens is 226 g/mol. The first-order chi connectivity index (χ1) is 8.45. The fraction of sp³-hybridized carbons (Fsp3) is 0.800. The number of carbonyl (C=O) groups is 1. The lowest BCUT2D eigenvalue weighted by atomic mass is 9.78. The number of carboxylic acid groups (broad SMARTS) is 1. The van der Waals surface area contributed by atoms with E-state index >= 15 is 0 Å². The predicted octanol–water partition coefficient (Wildman–Crippen LogP) is 3.21. The highest BCUT2D eigenvalue weighted by molar-refractivity contribution is 5.85. The maximum Gasteiger partial charge on any atom is 0.330 e. The molecule has 1 aliphatic carbocycles. The monoisotopic (exact) mass is 253 g/mol. The van der Waals surface area contributed by atoms with Crippen LogP contribution in [0.1, 0.15) is 52.9 Å². The largest absolute Gasteiger partial charge is 0.478 e. The van der Waals surface area contributed by atoms with Gasteiger partial charge in [-0.1, -0.05) is 32.8 Å². The van der Waals surface area contributed by atoms with Gasteiger partial charge in [-0.3, -0.25) is 0 Å². The van der Waals surface area contributed by atoms with Gasteiger partial charge < -0.3 is 10.4 Å². The highest BCUT2D eigenvalue weighted by atomic mass is 16.4. The maximum absolute atomic E-state index is 10.7. The molecular formula is C15H27NO2. The Morgan fingerprint density at radius 1 is 1.39 bits per heavy atom. The molecule has 0 spiro atoms. The fourth-order valence-corrected chi connectivity index (χ4v) is 3.09. The molecule has 0 unspecified atom stereocenters. The van der Waals surface area contributed by atoms with Gasteiger partial charge in [-0.2, -0.15) is 0 Å². The first-order valence-electron chi connectivity index (χ1n) is 7.06. The molecule has 0 aromatic rings. The fourth-order valence-electron chi connectivity index (χ4n) is 3.09. The van der Waals surface area contributed by atoms with Gasteiger partial charge in [0.15, 0.2) is 0 Å². The number of rotatable bonds is 7. The van der Waals surface area contributed by atoms with Gasteiger partial charge in [0, 0.05) is 18.7 Å². The van der Waals surface area contributed by atoms with E-state index < -0.39 is 5.97 Å². The quantitative estimate of drug-likeness (QED) is 0.541. The van der Waals surface area contributed by atoms with Crippen LogP contribution in [0.3, 0.4) is 0 Å². The molecule has 0 heterocycles. The van der Waals surface area contributed by atoms with Crippen LogP contribution >= 0.6 is 0 Å². The van der Waals surface area contributed by atoms with Crippen molar-refractivity contribution in [1.29, 1.82) is 0 Å². The van der Waals surface area contributed by atoms with Gasteiger partial charge >= 0.3 is 5.97 Å². The molecule has 104 valence electrons. The summed E-state index contributed by atoms with van der Waals surface area (Å²) in [5.74, 6) is -0.0873. The summed E-state index contributed by atoms with van der Waals surface area (Å²) in [6.45, 7) is 7.90. The molecule has 2 N–H and O–H groups in total. The molecule has 0 aliphatic heterocycles. The average Bonchev–Trinajstić information content (AvgIpc) is 2.72. The lowest BCUT2D eigenvalue weighted by molar-refractivity contribution is -0.132. The molecule has 0 atom stereocenters. The standard InChI is InChI=1S/C15H27NO2/c1-12(2)10-15(7-4-5-8-15)11-16-9-6-13(3)14(17)18/h6,12,16H,4-5,7-11H2,1-3H3,(H,17,18)/b13-6-. The molecule has 0 bridgehead atoms. The normalized spacial score (nSPS) is 19.4. The average molecular weight is 253 g/mol. The van der Waals surface area contributed by atoms with Crippen LogP contribution in [0.25, 0.3) is 0 Å². The van der Waals surface area contributed by atoms with E-state index in [4.69, 9.17) is 5.11 Å². The number of carboxylic acids is 1. The Morgan fingerprint density at radius 2 is 2.00 bits per heavy atom. The van der Waals surface area contributed by atoms with Crippen LogP contribution < -0.4 is 5.32 Å². The second-order valence-corrected chi connectivity index (χ2v) is 6.13. The van der Waals surface area contributed by atoms with E-state index in [9.17, 15) is 4.79 Å². The van der Waals surface area contributed by atoms with Gasteiger partial charge in [-0.05, 0) is 37.5 Å². The molecule has 1 fully saturated rings. The van der Waals surface area contributed by atoms with E-state index in [1.165, 1.54) is 32.1 Å². The Kier molecular flexibility index (Phi) is 5.86. The maximum atomic E-state index is 10.7. The summed E-state index contributed by atoms with van der Waals surface area (Å²) in [4.78, 5) is 10.7. The molecule has 0 radical (unpaired) electrons. The zero-order valence-electron chi connectivity index (χ0n) is 12.0. The van der Waals surface area contributed by atoms with Crippen LogP contribution in [-0.4, -0.2) is 24.2 Å². The SMILES string of the molecule is C/C(=C/CNCC1(CC(C)C)CCCC1)C(=O)O. The molecule has 0 amide bonds. The van der Waals surface area contributed by atoms with E-state index in [1.54, 1.807) is 13.0 Å².